The van der Waals surface area contributed by atoms with Crippen LogP contribution in [0.3, 0.4) is 0 Å². The first-order valence-electron chi connectivity index (χ1n) is 5.03. The zero-order valence-corrected chi connectivity index (χ0v) is 8.35. The fourth-order valence-electron chi connectivity index (χ4n) is 1.66. The first-order valence-corrected chi connectivity index (χ1v) is 5.03. The van der Waals surface area contributed by atoms with Gasteiger partial charge in [-0.1, -0.05) is 0 Å². The van der Waals surface area contributed by atoms with Gasteiger partial charge < -0.3 is 10.0 Å². The van der Waals surface area contributed by atoms with Crippen molar-refractivity contribution in [2.45, 2.75) is 25.9 Å². The van der Waals surface area contributed by atoms with E-state index >= 15 is 0 Å². The fraction of sp³-hybridized carbons (Fsp3) is 0.600. The normalized spacial score (nSPS) is 18.6. The van der Waals surface area contributed by atoms with Gasteiger partial charge in [0.15, 0.2) is 0 Å². The van der Waals surface area contributed by atoms with Gasteiger partial charge in [-0.3, -0.25) is 0 Å². The van der Waals surface area contributed by atoms with Crippen LogP contribution in [0, 0.1) is 0 Å². The summed E-state index contributed by atoms with van der Waals surface area (Å²) >= 11 is 0. The number of aliphatic hydroxyl groups is 1. The van der Waals surface area contributed by atoms with E-state index in [9.17, 15) is 5.11 Å². The molecule has 0 aliphatic carbocycles. The SMILES string of the molecule is C[C@@H](O)c1ccnc(N2CCCC2)n1. The van der Waals surface area contributed by atoms with Crippen molar-refractivity contribution in [2.75, 3.05) is 18.0 Å². The summed E-state index contributed by atoms with van der Waals surface area (Å²) in [6.07, 6.45) is 3.62. The summed E-state index contributed by atoms with van der Waals surface area (Å²) in [4.78, 5) is 10.7. The third-order valence-electron chi connectivity index (χ3n) is 2.48. The Morgan fingerprint density at radius 1 is 1.43 bits per heavy atom. The van der Waals surface area contributed by atoms with Crippen LogP contribution < -0.4 is 4.90 Å². The van der Waals surface area contributed by atoms with E-state index in [0.717, 1.165) is 19.0 Å². The van der Waals surface area contributed by atoms with Crippen molar-refractivity contribution in [2.24, 2.45) is 0 Å². The molecule has 14 heavy (non-hydrogen) atoms. The molecule has 0 aromatic carbocycles. The van der Waals surface area contributed by atoms with Crippen LogP contribution in [0.25, 0.3) is 0 Å². The standard InChI is InChI=1S/C10H15N3O/c1-8(14)9-4-5-11-10(12-9)13-6-2-3-7-13/h4-5,8,14H,2-3,6-7H2,1H3/t8-/m1/s1. The molecular formula is C10H15N3O. The Hall–Kier alpha value is -1.16. The molecule has 1 aromatic rings. The minimum Gasteiger partial charge on any atom is -0.387 e. The molecular weight excluding hydrogens is 178 g/mol. The van der Waals surface area contributed by atoms with Gasteiger partial charge in [-0.15, -0.1) is 0 Å². The molecule has 4 heteroatoms. The third-order valence-corrected chi connectivity index (χ3v) is 2.48. The summed E-state index contributed by atoms with van der Waals surface area (Å²) in [6, 6.07) is 1.75. The van der Waals surface area contributed by atoms with E-state index in [1.165, 1.54) is 12.8 Å². The van der Waals surface area contributed by atoms with Gasteiger partial charge >= 0.3 is 0 Å². The zero-order valence-electron chi connectivity index (χ0n) is 8.35. The molecule has 0 amide bonds. The summed E-state index contributed by atoms with van der Waals surface area (Å²) < 4.78 is 0. The molecule has 0 saturated carbocycles. The maximum atomic E-state index is 9.38. The van der Waals surface area contributed by atoms with Crippen LogP contribution in [0.5, 0.6) is 0 Å². The van der Waals surface area contributed by atoms with Crippen LogP contribution in [-0.4, -0.2) is 28.2 Å². The second-order valence-electron chi connectivity index (χ2n) is 3.65. The molecule has 0 unspecified atom stereocenters. The van der Waals surface area contributed by atoms with Gasteiger partial charge in [-0.2, -0.15) is 0 Å². The summed E-state index contributed by atoms with van der Waals surface area (Å²) in [6.45, 7) is 3.78. The van der Waals surface area contributed by atoms with Gasteiger partial charge in [0, 0.05) is 19.3 Å². The second kappa shape index (κ2) is 3.92. The van der Waals surface area contributed by atoms with Crippen LogP contribution in [0.15, 0.2) is 12.3 Å². The van der Waals surface area contributed by atoms with Crippen molar-refractivity contribution in [3.05, 3.63) is 18.0 Å². The Labute approximate surface area is 83.6 Å². The monoisotopic (exact) mass is 193 g/mol. The lowest BCUT2D eigenvalue weighted by atomic mass is 10.3. The van der Waals surface area contributed by atoms with Crippen molar-refractivity contribution in [1.82, 2.24) is 9.97 Å². The van der Waals surface area contributed by atoms with Crippen LogP contribution in [-0.2, 0) is 0 Å². The first-order chi connectivity index (χ1) is 6.77. The average Bonchev–Trinajstić information content (AvgIpc) is 2.71. The molecule has 1 aliphatic rings. The van der Waals surface area contributed by atoms with Crippen molar-refractivity contribution < 1.29 is 5.11 Å². The fourth-order valence-corrected chi connectivity index (χ4v) is 1.66. The number of anilines is 1. The molecule has 2 heterocycles. The minimum absolute atomic E-state index is 0.514. The average molecular weight is 193 g/mol. The van der Waals surface area contributed by atoms with Crippen LogP contribution in [0.4, 0.5) is 5.95 Å². The Bertz CT molecular complexity index is 308. The van der Waals surface area contributed by atoms with E-state index in [1.54, 1.807) is 19.2 Å². The lowest BCUT2D eigenvalue weighted by Crippen LogP contribution is -2.20. The van der Waals surface area contributed by atoms with Gasteiger partial charge in [0.2, 0.25) is 5.95 Å². The summed E-state index contributed by atoms with van der Waals surface area (Å²) in [5.41, 5.74) is 0.696. The van der Waals surface area contributed by atoms with E-state index in [0.29, 0.717) is 5.69 Å². The van der Waals surface area contributed by atoms with Gasteiger partial charge in [0.05, 0.1) is 11.8 Å². The smallest absolute Gasteiger partial charge is 0.225 e. The number of aliphatic hydroxyl groups excluding tert-OH is 1. The highest BCUT2D eigenvalue weighted by atomic mass is 16.3. The van der Waals surface area contributed by atoms with Gasteiger partial charge in [0.1, 0.15) is 0 Å². The van der Waals surface area contributed by atoms with Crippen LogP contribution in [0.1, 0.15) is 31.6 Å². The molecule has 1 fully saturated rings. The van der Waals surface area contributed by atoms with Crippen LogP contribution >= 0.6 is 0 Å². The number of hydrogen-bond acceptors (Lipinski definition) is 4. The highest BCUT2D eigenvalue weighted by Crippen LogP contribution is 2.17. The Morgan fingerprint density at radius 3 is 2.79 bits per heavy atom. The number of nitrogens with zero attached hydrogens (tertiary/aromatic N) is 3. The number of rotatable bonds is 2. The van der Waals surface area contributed by atoms with Crippen molar-refractivity contribution in [3.63, 3.8) is 0 Å². The molecule has 0 bridgehead atoms. The summed E-state index contributed by atoms with van der Waals surface area (Å²) in [5.74, 6) is 0.751. The molecule has 1 saturated heterocycles. The van der Waals surface area contributed by atoms with E-state index in [4.69, 9.17) is 0 Å². The number of hydrogen-bond donors (Lipinski definition) is 1. The third kappa shape index (κ3) is 1.85. The van der Waals surface area contributed by atoms with Gasteiger partial charge in [-0.05, 0) is 25.8 Å². The molecule has 1 N–H and O–H groups in total. The van der Waals surface area contributed by atoms with Crippen molar-refractivity contribution >= 4 is 5.95 Å². The van der Waals surface area contributed by atoms with Crippen molar-refractivity contribution in [1.29, 1.82) is 0 Å². The molecule has 1 atom stereocenters. The number of aromatic nitrogens is 2. The second-order valence-corrected chi connectivity index (χ2v) is 3.65. The van der Waals surface area contributed by atoms with Crippen LogP contribution in [0.2, 0.25) is 0 Å². The Morgan fingerprint density at radius 2 is 2.14 bits per heavy atom. The van der Waals surface area contributed by atoms with Gasteiger partial charge in [0.25, 0.3) is 0 Å². The maximum absolute atomic E-state index is 9.38. The molecule has 0 spiro atoms. The quantitative estimate of drug-likeness (QED) is 0.765. The lowest BCUT2D eigenvalue weighted by molar-refractivity contribution is 0.194. The highest BCUT2D eigenvalue weighted by molar-refractivity contribution is 5.31. The Kier molecular flexibility index (Phi) is 2.63. The van der Waals surface area contributed by atoms with E-state index in [1.807, 2.05) is 0 Å². The lowest BCUT2D eigenvalue weighted by Gasteiger charge is -2.15. The summed E-state index contributed by atoms with van der Waals surface area (Å²) in [5, 5.41) is 9.38. The first kappa shape index (κ1) is 9.40. The highest BCUT2D eigenvalue weighted by Gasteiger charge is 2.15. The van der Waals surface area contributed by atoms with E-state index in [-0.39, 0.29) is 0 Å². The molecule has 2 rings (SSSR count). The van der Waals surface area contributed by atoms with Gasteiger partial charge in [-0.25, -0.2) is 9.97 Å². The molecule has 1 aromatic heterocycles. The predicted octanol–water partition coefficient (Wildman–Crippen LogP) is 1.13. The predicted molar refractivity (Wildman–Crippen MR) is 54.1 cm³/mol. The molecule has 76 valence electrons. The largest absolute Gasteiger partial charge is 0.387 e. The van der Waals surface area contributed by atoms with Crippen molar-refractivity contribution in [3.8, 4) is 0 Å². The summed E-state index contributed by atoms with van der Waals surface area (Å²) in [7, 11) is 0. The molecule has 4 nitrogen and oxygen atoms in total. The van der Waals surface area contributed by atoms with E-state index < -0.39 is 6.10 Å². The zero-order chi connectivity index (χ0) is 9.97. The molecule has 1 aliphatic heterocycles. The molecule has 0 radical (unpaired) electrons. The topological polar surface area (TPSA) is 49.3 Å². The Balaban J connectivity index is 2.21. The maximum Gasteiger partial charge on any atom is 0.225 e. The minimum atomic E-state index is -0.514. The van der Waals surface area contributed by atoms with E-state index in [2.05, 4.69) is 14.9 Å².